The highest BCUT2D eigenvalue weighted by molar-refractivity contribution is 6.07. The van der Waals surface area contributed by atoms with Gasteiger partial charge >= 0.3 is 0 Å². The molecule has 2 aromatic carbocycles. The molecule has 0 saturated heterocycles. The topological polar surface area (TPSA) is 81.7 Å². The van der Waals surface area contributed by atoms with Crippen molar-refractivity contribution in [3.8, 4) is 22.8 Å². The molecule has 0 atom stereocenters. The number of benzene rings is 2. The normalized spacial score (nSPS) is 10.4. The summed E-state index contributed by atoms with van der Waals surface area (Å²) in [4.78, 5) is 17.6. The third kappa shape index (κ3) is 5.27. The molecule has 3 aromatic rings. The number of nitrogens with one attached hydrogen (secondary N) is 2. The summed E-state index contributed by atoms with van der Waals surface area (Å²) in [6.45, 7) is 1.01. The van der Waals surface area contributed by atoms with Gasteiger partial charge in [-0.05, 0) is 48.5 Å². The lowest BCUT2D eigenvalue weighted by molar-refractivity contribution is 0.102. The van der Waals surface area contributed by atoms with Crippen molar-refractivity contribution in [2.24, 2.45) is 0 Å². The molecule has 0 radical (unpaired) electrons. The van der Waals surface area contributed by atoms with Gasteiger partial charge in [-0.2, -0.15) is 0 Å². The monoisotopic (exact) mass is 407 g/mol. The van der Waals surface area contributed by atoms with Crippen LogP contribution in [0.1, 0.15) is 10.4 Å². The van der Waals surface area contributed by atoms with E-state index >= 15 is 0 Å². The standard InChI is InChI=1S/C23H25N3O4/c1-28-14-13-24-22-20(23(27)25-17-5-4-6-19(15-17)30-3)11-12-21(26-22)16-7-9-18(29-2)10-8-16/h4-12,15H,13-14H2,1-3H3,(H,24,26)(H,25,27). The van der Waals surface area contributed by atoms with Gasteiger partial charge in [0.15, 0.2) is 0 Å². The fourth-order valence-electron chi connectivity index (χ4n) is 2.87. The zero-order valence-electron chi connectivity index (χ0n) is 17.3. The molecule has 0 aliphatic carbocycles. The number of nitrogens with zero attached hydrogens (tertiary/aromatic N) is 1. The minimum Gasteiger partial charge on any atom is -0.497 e. The number of hydrogen-bond donors (Lipinski definition) is 2. The maximum absolute atomic E-state index is 12.9. The number of amides is 1. The van der Waals surface area contributed by atoms with Gasteiger partial charge in [-0.25, -0.2) is 4.98 Å². The van der Waals surface area contributed by atoms with E-state index in [1.165, 1.54) is 0 Å². The molecule has 0 saturated carbocycles. The number of rotatable bonds is 9. The van der Waals surface area contributed by atoms with Gasteiger partial charge in [0.05, 0.1) is 32.1 Å². The molecule has 1 heterocycles. The van der Waals surface area contributed by atoms with E-state index in [9.17, 15) is 4.79 Å². The Kier molecular flexibility index (Phi) is 7.24. The minimum atomic E-state index is -0.267. The second-order valence-electron chi connectivity index (χ2n) is 6.43. The Morgan fingerprint density at radius 3 is 2.40 bits per heavy atom. The van der Waals surface area contributed by atoms with E-state index in [2.05, 4.69) is 15.6 Å². The van der Waals surface area contributed by atoms with Crippen LogP contribution >= 0.6 is 0 Å². The smallest absolute Gasteiger partial charge is 0.259 e. The molecular formula is C23H25N3O4. The maximum atomic E-state index is 12.9. The first-order chi connectivity index (χ1) is 14.6. The van der Waals surface area contributed by atoms with Gasteiger partial charge in [-0.3, -0.25) is 4.79 Å². The lowest BCUT2D eigenvalue weighted by Crippen LogP contribution is -2.18. The molecule has 0 aliphatic rings. The summed E-state index contributed by atoms with van der Waals surface area (Å²) in [7, 11) is 4.83. The molecule has 2 N–H and O–H groups in total. The van der Waals surface area contributed by atoms with Crippen LogP contribution in [0.4, 0.5) is 11.5 Å². The van der Waals surface area contributed by atoms with Gasteiger partial charge in [-0.1, -0.05) is 6.07 Å². The number of pyridine rings is 1. The van der Waals surface area contributed by atoms with E-state index in [1.807, 2.05) is 42.5 Å². The van der Waals surface area contributed by atoms with E-state index in [0.717, 1.165) is 17.0 Å². The molecule has 1 aromatic heterocycles. The molecule has 0 bridgehead atoms. The molecule has 3 rings (SSSR count). The first-order valence-corrected chi connectivity index (χ1v) is 9.48. The Morgan fingerprint density at radius 1 is 0.933 bits per heavy atom. The summed E-state index contributed by atoms with van der Waals surface area (Å²) in [5.41, 5.74) is 2.74. The van der Waals surface area contributed by atoms with Gasteiger partial charge in [0.1, 0.15) is 17.3 Å². The molecule has 30 heavy (non-hydrogen) atoms. The highest BCUT2D eigenvalue weighted by Gasteiger charge is 2.15. The summed E-state index contributed by atoms with van der Waals surface area (Å²) < 4.78 is 15.5. The van der Waals surface area contributed by atoms with Crippen LogP contribution in [0.25, 0.3) is 11.3 Å². The summed E-state index contributed by atoms with van der Waals surface area (Å²) in [6.07, 6.45) is 0. The number of methoxy groups -OCH3 is 3. The molecule has 0 aliphatic heterocycles. The van der Waals surface area contributed by atoms with Crippen molar-refractivity contribution in [2.75, 3.05) is 45.1 Å². The summed E-state index contributed by atoms with van der Waals surface area (Å²) in [5.74, 6) is 1.66. The van der Waals surface area contributed by atoms with Gasteiger partial charge in [0.2, 0.25) is 0 Å². The van der Waals surface area contributed by atoms with E-state index < -0.39 is 0 Å². The SMILES string of the molecule is COCCNc1nc(-c2ccc(OC)cc2)ccc1C(=O)Nc1cccc(OC)c1. The molecule has 7 heteroatoms. The third-order valence-electron chi connectivity index (χ3n) is 4.45. The molecule has 7 nitrogen and oxygen atoms in total. The fraction of sp³-hybridized carbons (Fsp3) is 0.217. The zero-order valence-corrected chi connectivity index (χ0v) is 17.3. The third-order valence-corrected chi connectivity index (χ3v) is 4.45. The number of carbonyl (C=O) groups excluding carboxylic acids is 1. The molecule has 0 unspecified atom stereocenters. The fourth-order valence-corrected chi connectivity index (χ4v) is 2.87. The van der Waals surface area contributed by atoms with Crippen molar-refractivity contribution in [1.29, 1.82) is 0 Å². The minimum absolute atomic E-state index is 0.267. The van der Waals surface area contributed by atoms with E-state index in [4.69, 9.17) is 14.2 Å². The van der Waals surface area contributed by atoms with Crippen LogP contribution in [0, 0.1) is 0 Å². The summed E-state index contributed by atoms with van der Waals surface area (Å²) >= 11 is 0. The molecule has 0 fully saturated rings. The van der Waals surface area contributed by atoms with Crippen LogP contribution in [-0.2, 0) is 4.74 Å². The predicted molar refractivity (Wildman–Crippen MR) is 118 cm³/mol. The summed E-state index contributed by atoms with van der Waals surface area (Å²) in [6, 6.07) is 18.4. The number of aromatic nitrogens is 1. The van der Waals surface area contributed by atoms with Crippen LogP contribution in [0.15, 0.2) is 60.7 Å². The number of hydrogen-bond acceptors (Lipinski definition) is 6. The van der Waals surface area contributed by atoms with Crippen molar-refractivity contribution >= 4 is 17.4 Å². The van der Waals surface area contributed by atoms with Gasteiger partial charge < -0.3 is 24.8 Å². The van der Waals surface area contributed by atoms with Crippen molar-refractivity contribution in [3.63, 3.8) is 0 Å². The van der Waals surface area contributed by atoms with Crippen molar-refractivity contribution in [1.82, 2.24) is 4.98 Å². The van der Waals surface area contributed by atoms with Crippen LogP contribution in [-0.4, -0.2) is 45.4 Å². The predicted octanol–water partition coefficient (Wildman–Crippen LogP) is 4.08. The Labute approximate surface area is 176 Å². The lowest BCUT2D eigenvalue weighted by atomic mass is 10.1. The average molecular weight is 407 g/mol. The largest absolute Gasteiger partial charge is 0.497 e. The Balaban J connectivity index is 1.88. The van der Waals surface area contributed by atoms with Gasteiger partial charge in [-0.15, -0.1) is 0 Å². The number of carbonyl (C=O) groups is 1. The Bertz CT molecular complexity index is 990. The molecular weight excluding hydrogens is 382 g/mol. The van der Waals surface area contributed by atoms with Gasteiger partial charge in [0.25, 0.3) is 5.91 Å². The van der Waals surface area contributed by atoms with Gasteiger partial charge in [0, 0.05) is 31.0 Å². The second-order valence-corrected chi connectivity index (χ2v) is 6.43. The first kappa shape index (κ1) is 21.1. The first-order valence-electron chi connectivity index (χ1n) is 9.48. The molecule has 156 valence electrons. The van der Waals surface area contributed by atoms with E-state index in [1.54, 1.807) is 39.5 Å². The average Bonchev–Trinajstić information content (AvgIpc) is 2.79. The molecule has 0 spiro atoms. The quantitative estimate of drug-likeness (QED) is 0.520. The van der Waals surface area contributed by atoms with Crippen LogP contribution < -0.4 is 20.1 Å². The van der Waals surface area contributed by atoms with E-state index in [0.29, 0.717) is 36.0 Å². The Hall–Kier alpha value is -3.58. The van der Waals surface area contributed by atoms with Crippen LogP contribution in [0.5, 0.6) is 11.5 Å². The Morgan fingerprint density at radius 2 is 1.70 bits per heavy atom. The summed E-state index contributed by atoms with van der Waals surface area (Å²) in [5, 5.41) is 6.08. The van der Waals surface area contributed by atoms with Crippen LogP contribution in [0.2, 0.25) is 0 Å². The number of ether oxygens (including phenoxy) is 3. The number of anilines is 2. The second kappa shape index (κ2) is 10.3. The van der Waals surface area contributed by atoms with Crippen molar-refractivity contribution in [3.05, 3.63) is 66.2 Å². The highest BCUT2D eigenvalue weighted by Crippen LogP contribution is 2.25. The van der Waals surface area contributed by atoms with E-state index in [-0.39, 0.29) is 5.91 Å². The van der Waals surface area contributed by atoms with Crippen molar-refractivity contribution < 1.29 is 19.0 Å². The molecule has 1 amide bonds. The zero-order chi connectivity index (χ0) is 21.3. The van der Waals surface area contributed by atoms with Crippen LogP contribution in [0.3, 0.4) is 0 Å². The van der Waals surface area contributed by atoms with Crippen molar-refractivity contribution in [2.45, 2.75) is 0 Å². The lowest BCUT2D eigenvalue weighted by Gasteiger charge is -2.14. The highest BCUT2D eigenvalue weighted by atomic mass is 16.5. The maximum Gasteiger partial charge on any atom is 0.259 e.